The minimum absolute atomic E-state index is 0.0892. The van der Waals surface area contributed by atoms with Crippen molar-refractivity contribution in [1.29, 1.82) is 0 Å². The van der Waals surface area contributed by atoms with E-state index in [1.165, 1.54) is 12.1 Å². The molecule has 0 saturated heterocycles. The molecular formula is C10H8O3S. The molecule has 0 amide bonds. The summed E-state index contributed by atoms with van der Waals surface area (Å²) in [5.74, 6) is 0. The Labute approximate surface area is 82.1 Å². The van der Waals surface area contributed by atoms with Crippen LogP contribution in [0.1, 0.15) is 0 Å². The summed E-state index contributed by atoms with van der Waals surface area (Å²) >= 11 is 0. The fourth-order valence-electron chi connectivity index (χ4n) is 1.32. The van der Waals surface area contributed by atoms with Crippen LogP contribution in [-0.4, -0.2) is 13.0 Å². The van der Waals surface area contributed by atoms with Gasteiger partial charge < -0.3 is 0 Å². The molecule has 1 N–H and O–H groups in total. The Morgan fingerprint density at radius 2 is 1.36 bits per heavy atom. The molecule has 2 aliphatic rings. The second-order valence-electron chi connectivity index (χ2n) is 2.98. The van der Waals surface area contributed by atoms with Gasteiger partial charge in [0, 0.05) is 0 Å². The highest BCUT2D eigenvalue weighted by molar-refractivity contribution is 7.85. The molecule has 0 spiro atoms. The minimum atomic E-state index is -4.10. The van der Waals surface area contributed by atoms with Crippen LogP contribution in [0.25, 0.3) is 11.1 Å². The molecule has 14 heavy (non-hydrogen) atoms. The summed E-state index contributed by atoms with van der Waals surface area (Å²) in [6.45, 7) is 0. The van der Waals surface area contributed by atoms with E-state index in [-0.39, 0.29) is 4.90 Å². The molecule has 0 aromatic rings. The van der Waals surface area contributed by atoms with Crippen molar-refractivity contribution < 1.29 is 13.0 Å². The van der Waals surface area contributed by atoms with Gasteiger partial charge in [-0.2, -0.15) is 8.42 Å². The first-order valence-corrected chi connectivity index (χ1v) is 5.48. The number of hydrogen-bond donors (Lipinski definition) is 1. The quantitative estimate of drug-likeness (QED) is 0.729. The van der Waals surface area contributed by atoms with Gasteiger partial charge in [0.15, 0.2) is 0 Å². The Kier molecular flexibility index (Phi) is 2.02. The summed E-state index contributed by atoms with van der Waals surface area (Å²) in [5, 5.41) is 0. The normalized spacial score (nSPS) is 11.8. The van der Waals surface area contributed by atoms with E-state index in [1.54, 1.807) is 12.1 Å². The van der Waals surface area contributed by atoms with Crippen LogP contribution in [0, 0.1) is 0 Å². The zero-order chi connectivity index (χ0) is 10.2. The molecule has 0 bridgehead atoms. The van der Waals surface area contributed by atoms with Gasteiger partial charge in [0.2, 0.25) is 0 Å². The van der Waals surface area contributed by atoms with Crippen molar-refractivity contribution in [3.05, 3.63) is 42.5 Å². The molecule has 0 aromatic heterocycles. The van der Waals surface area contributed by atoms with Crippen LogP contribution in [0.15, 0.2) is 47.4 Å². The van der Waals surface area contributed by atoms with Gasteiger partial charge in [-0.15, -0.1) is 0 Å². The molecule has 0 heterocycles. The first kappa shape index (κ1) is 9.18. The molecule has 3 nitrogen and oxygen atoms in total. The van der Waals surface area contributed by atoms with Crippen LogP contribution in [0.5, 0.6) is 0 Å². The Morgan fingerprint density at radius 3 is 1.79 bits per heavy atom. The minimum Gasteiger partial charge on any atom is -0.282 e. The van der Waals surface area contributed by atoms with Crippen molar-refractivity contribution in [1.82, 2.24) is 0 Å². The highest BCUT2D eigenvalue weighted by Crippen LogP contribution is 2.22. The first-order chi connectivity index (χ1) is 6.57. The molecule has 2 rings (SSSR count). The van der Waals surface area contributed by atoms with Gasteiger partial charge in [0.05, 0.1) is 4.90 Å². The van der Waals surface area contributed by atoms with Gasteiger partial charge in [0.25, 0.3) is 10.1 Å². The summed E-state index contributed by atoms with van der Waals surface area (Å²) in [5.41, 5.74) is 1.89. The standard InChI is InChI=1S/C10H8O3S/c11-14(12,13)10-6-4-8-2-1-3-9(8)5-7-10/h1-7H,(H,11,12,13). The molecular weight excluding hydrogens is 200 g/mol. The van der Waals surface area contributed by atoms with Gasteiger partial charge in [-0.1, -0.05) is 30.3 Å². The van der Waals surface area contributed by atoms with Gasteiger partial charge >= 0.3 is 0 Å². The van der Waals surface area contributed by atoms with Crippen LogP contribution in [0.2, 0.25) is 0 Å². The van der Waals surface area contributed by atoms with Gasteiger partial charge in [-0.25, -0.2) is 0 Å². The monoisotopic (exact) mass is 208 g/mol. The molecule has 0 aliphatic heterocycles. The van der Waals surface area contributed by atoms with Crippen molar-refractivity contribution in [2.75, 3.05) is 0 Å². The van der Waals surface area contributed by atoms with Gasteiger partial charge in [-0.05, 0) is 23.3 Å². The van der Waals surface area contributed by atoms with Crippen LogP contribution in [0.3, 0.4) is 0 Å². The molecule has 2 aliphatic carbocycles. The van der Waals surface area contributed by atoms with Crippen LogP contribution < -0.4 is 0 Å². The van der Waals surface area contributed by atoms with E-state index in [9.17, 15) is 8.42 Å². The van der Waals surface area contributed by atoms with Crippen molar-refractivity contribution in [3.63, 3.8) is 0 Å². The van der Waals surface area contributed by atoms with Crippen LogP contribution in [0.4, 0.5) is 0 Å². The SMILES string of the molecule is O=S(=O)(O)c1ccc2cccc-2cc1. The van der Waals surface area contributed by atoms with E-state index >= 15 is 0 Å². The molecule has 0 saturated carbocycles. The molecule has 0 fully saturated rings. The van der Waals surface area contributed by atoms with Gasteiger partial charge in [0.1, 0.15) is 0 Å². The lowest BCUT2D eigenvalue weighted by Gasteiger charge is -1.88. The van der Waals surface area contributed by atoms with E-state index in [0.717, 1.165) is 11.1 Å². The van der Waals surface area contributed by atoms with E-state index < -0.39 is 10.1 Å². The van der Waals surface area contributed by atoms with E-state index in [4.69, 9.17) is 4.55 Å². The molecule has 4 heteroatoms. The number of rotatable bonds is 1. The summed E-state index contributed by atoms with van der Waals surface area (Å²) in [7, 11) is -4.10. The average molecular weight is 208 g/mol. The number of hydrogen-bond acceptors (Lipinski definition) is 2. The predicted molar refractivity (Wildman–Crippen MR) is 52.9 cm³/mol. The summed E-state index contributed by atoms with van der Waals surface area (Å²) in [6.07, 6.45) is 0. The third-order valence-corrected chi connectivity index (χ3v) is 2.90. The third kappa shape index (κ3) is 1.62. The molecule has 0 aromatic carbocycles. The highest BCUT2D eigenvalue weighted by Gasteiger charge is 2.08. The maximum atomic E-state index is 10.8. The third-order valence-electron chi connectivity index (χ3n) is 2.04. The Morgan fingerprint density at radius 1 is 0.857 bits per heavy atom. The maximum Gasteiger partial charge on any atom is 0.294 e. The van der Waals surface area contributed by atoms with Crippen molar-refractivity contribution in [2.24, 2.45) is 0 Å². The molecule has 0 unspecified atom stereocenters. The topological polar surface area (TPSA) is 54.4 Å². The largest absolute Gasteiger partial charge is 0.294 e. The first-order valence-electron chi connectivity index (χ1n) is 4.04. The number of fused-ring (bicyclic) bond motifs is 1. The Bertz CT molecular complexity index is 500. The smallest absolute Gasteiger partial charge is 0.282 e. The van der Waals surface area contributed by atoms with E-state index in [1.807, 2.05) is 18.2 Å². The molecule has 0 atom stereocenters. The van der Waals surface area contributed by atoms with Crippen LogP contribution >= 0.6 is 0 Å². The average Bonchev–Trinajstić information content (AvgIpc) is 2.42. The van der Waals surface area contributed by atoms with Crippen molar-refractivity contribution >= 4 is 10.1 Å². The van der Waals surface area contributed by atoms with E-state index in [0.29, 0.717) is 0 Å². The highest BCUT2D eigenvalue weighted by atomic mass is 32.2. The van der Waals surface area contributed by atoms with Crippen molar-refractivity contribution in [3.8, 4) is 11.1 Å². The summed E-state index contributed by atoms with van der Waals surface area (Å²) in [4.78, 5) is -0.0892. The molecule has 0 radical (unpaired) electrons. The lowest BCUT2D eigenvalue weighted by Crippen LogP contribution is -1.95. The fourth-order valence-corrected chi connectivity index (χ4v) is 1.80. The van der Waals surface area contributed by atoms with Crippen molar-refractivity contribution in [2.45, 2.75) is 4.90 Å². The maximum absolute atomic E-state index is 10.8. The second kappa shape index (κ2) is 3.08. The molecule has 72 valence electrons. The summed E-state index contributed by atoms with van der Waals surface area (Å²) in [6, 6.07) is 11.7. The lowest BCUT2D eigenvalue weighted by atomic mass is 10.2. The zero-order valence-corrected chi connectivity index (χ0v) is 8.03. The second-order valence-corrected chi connectivity index (χ2v) is 4.40. The Hall–Kier alpha value is -1.39. The zero-order valence-electron chi connectivity index (χ0n) is 7.21. The van der Waals surface area contributed by atoms with Crippen LogP contribution in [-0.2, 0) is 10.1 Å². The fraction of sp³-hybridized carbons (Fsp3) is 0. The van der Waals surface area contributed by atoms with E-state index in [2.05, 4.69) is 0 Å². The lowest BCUT2D eigenvalue weighted by molar-refractivity contribution is 0.483. The van der Waals surface area contributed by atoms with Gasteiger partial charge in [-0.3, -0.25) is 4.55 Å². The summed E-state index contributed by atoms with van der Waals surface area (Å²) < 4.78 is 30.5. The Balaban J connectivity index is 2.68. The predicted octanol–water partition coefficient (Wildman–Crippen LogP) is 2.04.